The van der Waals surface area contributed by atoms with Gasteiger partial charge in [-0.15, -0.1) is 0 Å². The number of fused-ring (bicyclic) bond motifs is 8. The minimum Gasteiger partial charge on any atom is -0.458 e. The van der Waals surface area contributed by atoms with Crippen LogP contribution in [-0.2, 0) is 0 Å². The summed E-state index contributed by atoms with van der Waals surface area (Å²) in [7, 11) is -0.0499. The Morgan fingerprint density at radius 2 is 0.794 bits per heavy atom. The van der Waals surface area contributed by atoms with E-state index in [2.05, 4.69) is 165 Å². The molecule has 0 saturated carbocycles. The fraction of sp³-hybridized carbons (Fsp3) is 0. The number of hydrogen-bond acceptors (Lipinski definition) is 7. The van der Waals surface area contributed by atoms with Gasteiger partial charge in [0, 0.05) is 22.3 Å². The SMILES string of the molecule is c1ccc2c(c1)N1B3N2c2cccc4cccc(c24)N3c2cc(-c3cc4ccc5c6c4c4c3Oc3ccc7ccc8c9c7c3B4N3B9c4c(ccc7ccc(c(c47)B63)O5)O8)ccc21. The molecule has 9 aliphatic rings. The second-order valence-electron chi connectivity index (χ2n) is 18.6. The minimum atomic E-state index is -0.0499. The third kappa shape index (κ3) is 3.03. The van der Waals surface area contributed by atoms with Gasteiger partial charge in [0.15, 0.2) is 0 Å². The average molecular weight is 796 g/mol. The Balaban J connectivity index is 0.922. The predicted molar refractivity (Wildman–Crippen MR) is 257 cm³/mol. The van der Waals surface area contributed by atoms with Crippen molar-refractivity contribution in [3.05, 3.63) is 146 Å². The smallest absolute Gasteiger partial charge is 0.458 e. The van der Waals surface area contributed by atoms with Gasteiger partial charge in [0.2, 0.25) is 0 Å². The molecule has 19 rings (SSSR count). The molecule has 0 aromatic heterocycles. The summed E-state index contributed by atoms with van der Waals surface area (Å²) >= 11 is 0. The summed E-state index contributed by atoms with van der Waals surface area (Å²) in [6.07, 6.45) is 0. The quantitative estimate of drug-likeness (QED) is 0.156. The maximum absolute atomic E-state index is 7.45. The van der Waals surface area contributed by atoms with Crippen LogP contribution in [0.5, 0.6) is 34.5 Å². The van der Waals surface area contributed by atoms with Crippen molar-refractivity contribution in [1.82, 2.24) is 4.63 Å². The first-order chi connectivity index (χ1) is 31.3. The molecule has 9 aliphatic heterocycles. The first-order valence-corrected chi connectivity index (χ1v) is 22.0. The molecule has 0 N–H and O–H groups in total. The van der Waals surface area contributed by atoms with E-state index in [9.17, 15) is 0 Å². The summed E-state index contributed by atoms with van der Waals surface area (Å²) in [6, 6.07) is 54.0. The van der Waals surface area contributed by atoms with Crippen molar-refractivity contribution in [2.24, 2.45) is 0 Å². The standard InChI is InChI=1S/C52H24B4N4O3/c1-2-8-32-31(7-1)57-33-17-11-28(24-36(33)59-35-10-4-6-25-5-3-9-34(42(25)35)58(32)56(57)59)30-23-29-16-22-40-49-45(29)51-52(30)63-41-21-15-27-14-20-39-48-44(27)50(41)55(51)60-53(48)46-37(61-39)18-12-26-13-19-38(62-40)47(43(26)46)54(49)60/h1-24H. The molecule has 9 heterocycles. The summed E-state index contributed by atoms with van der Waals surface area (Å²) in [4.78, 5) is 7.63. The second kappa shape index (κ2) is 9.50. The molecule has 282 valence electrons. The van der Waals surface area contributed by atoms with Crippen molar-refractivity contribution < 1.29 is 14.2 Å². The summed E-state index contributed by atoms with van der Waals surface area (Å²) in [5, 5.41) is 10.0. The van der Waals surface area contributed by atoms with Crippen LogP contribution in [0.3, 0.4) is 0 Å². The lowest BCUT2D eigenvalue weighted by Gasteiger charge is -2.54. The normalized spacial score (nSPS) is 16.7. The van der Waals surface area contributed by atoms with Gasteiger partial charge in [0.1, 0.15) is 34.5 Å². The maximum Gasteiger partial charge on any atom is 0.519 e. The van der Waals surface area contributed by atoms with Gasteiger partial charge < -0.3 is 33.3 Å². The zero-order chi connectivity index (χ0) is 39.9. The number of nitrogens with zero attached hydrogens (tertiary/aromatic N) is 4. The summed E-state index contributed by atoms with van der Waals surface area (Å²) in [5.74, 6) is 5.63. The average Bonchev–Trinajstić information content (AvgIpc) is 3.85. The van der Waals surface area contributed by atoms with Gasteiger partial charge in [-0.1, -0.05) is 72.8 Å². The van der Waals surface area contributed by atoms with Gasteiger partial charge in [0.05, 0.1) is 22.7 Å². The molecule has 7 nitrogen and oxygen atoms in total. The zero-order valence-corrected chi connectivity index (χ0v) is 33.2. The van der Waals surface area contributed by atoms with E-state index in [-0.39, 0.29) is 27.7 Å². The first-order valence-electron chi connectivity index (χ1n) is 22.0. The van der Waals surface area contributed by atoms with E-state index in [0.717, 1.165) is 45.6 Å². The topological polar surface area (TPSA) is 40.7 Å². The molecule has 0 aliphatic carbocycles. The van der Waals surface area contributed by atoms with Crippen LogP contribution in [-0.4, -0.2) is 32.3 Å². The van der Waals surface area contributed by atoms with Crippen molar-refractivity contribution in [3.8, 4) is 45.6 Å². The van der Waals surface area contributed by atoms with Gasteiger partial charge in [-0.25, -0.2) is 0 Å². The lowest BCUT2D eigenvalue weighted by Crippen LogP contribution is -2.85. The Bertz CT molecular complexity index is 4050. The van der Waals surface area contributed by atoms with Crippen molar-refractivity contribution in [1.29, 1.82) is 0 Å². The van der Waals surface area contributed by atoms with Gasteiger partial charge in [-0.3, -0.25) is 0 Å². The molecule has 0 amide bonds. The minimum absolute atomic E-state index is 0.00424. The zero-order valence-electron chi connectivity index (χ0n) is 33.2. The van der Waals surface area contributed by atoms with Crippen molar-refractivity contribution in [2.45, 2.75) is 0 Å². The van der Waals surface area contributed by atoms with E-state index in [1.165, 1.54) is 110 Å². The van der Waals surface area contributed by atoms with Gasteiger partial charge in [0.25, 0.3) is 20.5 Å². The Labute approximate surface area is 360 Å². The Hall–Kier alpha value is -7.74. The van der Waals surface area contributed by atoms with Crippen LogP contribution in [0.2, 0.25) is 0 Å². The van der Waals surface area contributed by atoms with Gasteiger partial charge in [-0.05, 0) is 149 Å². The van der Waals surface area contributed by atoms with E-state index in [0.29, 0.717) is 0 Å². The Morgan fingerprint density at radius 1 is 0.333 bits per heavy atom. The van der Waals surface area contributed by atoms with E-state index in [1.807, 2.05) is 0 Å². The van der Waals surface area contributed by atoms with Gasteiger partial charge in [-0.2, -0.15) is 0 Å². The molecule has 0 saturated heterocycles. The Morgan fingerprint density at radius 3 is 1.40 bits per heavy atom. The van der Waals surface area contributed by atoms with E-state index in [4.69, 9.17) is 14.2 Å². The molecule has 0 fully saturated rings. The fourth-order valence-corrected chi connectivity index (χ4v) is 14.0. The summed E-state index contributed by atoms with van der Waals surface area (Å²) < 4.78 is 24.1. The molecule has 0 radical (unpaired) electrons. The number of benzene rings is 10. The molecule has 10 aromatic carbocycles. The lowest BCUT2D eigenvalue weighted by molar-refractivity contribution is 0.482. The highest BCUT2D eigenvalue weighted by atomic mass is 16.5. The molecular formula is C52H24B4N4O3. The second-order valence-corrected chi connectivity index (χ2v) is 18.6. The maximum atomic E-state index is 7.45. The molecule has 11 heteroatoms. The molecule has 63 heavy (non-hydrogen) atoms. The van der Waals surface area contributed by atoms with Gasteiger partial charge >= 0.3 is 7.12 Å². The molecule has 0 atom stereocenters. The highest BCUT2D eigenvalue weighted by molar-refractivity contribution is 7.18. The molecule has 0 bridgehead atoms. The van der Waals surface area contributed by atoms with Crippen LogP contribution in [0.4, 0.5) is 34.1 Å². The number of hydrogen-bond donors (Lipinski definition) is 0. The highest BCUT2D eigenvalue weighted by Gasteiger charge is 2.62. The van der Waals surface area contributed by atoms with Crippen LogP contribution in [0, 0.1) is 0 Å². The van der Waals surface area contributed by atoms with Crippen LogP contribution < -0.4 is 61.4 Å². The van der Waals surface area contributed by atoms with Crippen molar-refractivity contribution in [2.75, 3.05) is 14.4 Å². The summed E-state index contributed by atoms with van der Waals surface area (Å²) in [6.45, 7) is -0.0359. The van der Waals surface area contributed by atoms with E-state index >= 15 is 0 Å². The number of rotatable bonds is 1. The first kappa shape index (κ1) is 30.3. The predicted octanol–water partition coefficient (Wildman–Crippen LogP) is 7.98. The van der Waals surface area contributed by atoms with Crippen LogP contribution in [0.1, 0.15) is 0 Å². The van der Waals surface area contributed by atoms with Crippen molar-refractivity contribution in [3.63, 3.8) is 0 Å². The van der Waals surface area contributed by atoms with Crippen LogP contribution >= 0.6 is 0 Å². The summed E-state index contributed by atoms with van der Waals surface area (Å²) in [5.41, 5.74) is 17.1. The van der Waals surface area contributed by atoms with Crippen LogP contribution in [0.25, 0.3) is 54.2 Å². The number of para-hydroxylation sites is 2. The molecule has 10 aromatic rings. The molecule has 0 unspecified atom stereocenters. The monoisotopic (exact) mass is 796 g/mol. The van der Waals surface area contributed by atoms with Crippen molar-refractivity contribution >= 4 is 138 Å². The highest BCUT2D eigenvalue weighted by Crippen LogP contribution is 2.61. The fourth-order valence-electron chi connectivity index (χ4n) is 14.0. The number of ether oxygens (including phenoxy) is 3. The lowest BCUT2D eigenvalue weighted by atomic mass is 9.19. The number of anilines is 6. The third-order valence-corrected chi connectivity index (χ3v) is 16.1. The Kier molecular flexibility index (Phi) is 4.57. The van der Waals surface area contributed by atoms with E-state index < -0.39 is 0 Å². The van der Waals surface area contributed by atoms with E-state index in [1.54, 1.807) is 0 Å². The third-order valence-electron chi connectivity index (χ3n) is 16.1. The molecule has 0 spiro atoms. The largest absolute Gasteiger partial charge is 0.519 e. The molecular weight excluding hydrogens is 772 g/mol. The van der Waals surface area contributed by atoms with Crippen LogP contribution in [0.15, 0.2) is 146 Å².